The van der Waals surface area contributed by atoms with E-state index in [1.54, 1.807) is 0 Å². The lowest BCUT2D eigenvalue weighted by Crippen LogP contribution is -2.25. The van der Waals surface area contributed by atoms with Crippen LogP contribution in [0.15, 0.2) is 0 Å². The summed E-state index contributed by atoms with van der Waals surface area (Å²) in [6.07, 6.45) is 3.69. The summed E-state index contributed by atoms with van der Waals surface area (Å²) >= 11 is 0. The monoisotopic (exact) mass is 332 g/mol. The molecule has 0 aliphatic carbocycles. The third-order valence-corrected chi connectivity index (χ3v) is 2.27. The van der Waals surface area contributed by atoms with Gasteiger partial charge in [-0.15, -0.1) is 0 Å². The topological polar surface area (TPSA) is 105 Å². The van der Waals surface area contributed by atoms with Crippen LogP contribution in [0.3, 0.4) is 0 Å². The highest BCUT2D eigenvalue weighted by Gasteiger charge is 2.15. The fourth-order valence-electron chi connectivity index (χ4n) is 1.49. The van der Waals surface area contributed by atoms with Crippen molar-refractivity contribution in [1.82, 2.24) is 0 Å². The molecule has 23 heavy (non-hydrogen) atoms. The molecule has 138 valence electrons. The quantitative estimate of drug-likeness (QED) is 0.548. The molecule has 0 atom stereocenters. The van der Waals surface area contributed by atoms with E-state index in [-0.39, 0.29) is 23.1 Å². The summed E-state index contributed by atoms with van der Waals surface area (Å²) in [6.45, 7) is 12.2. The average Bonchev–Trinajstić information content (AvgIpc) is 2.31. The van der Waals surface area contributed by atoms with Gasteiger partial charge in [-0.1, -0.05) is 6.42 Å². The van der Waals surface area contributed by atoms with Crippen molar-refractivity contribution in [3.63, 3.8) is 0 Å². The lowest BCUT2D eigenvalue weighted by molar-refractivity contribution is -0.155. The number of unbranched alkanes of at least 4 members (excludes halogenated alkanes) is 2. The predicted molar refractivity (Wildman–Crippen MR) is 92.9 cm³/mol. The van der Waals surface area contributed by atoms with Crippen LogP contribution in [-0.2, 0) is 19.1 Å². The van der Waals surface area contributed by atoms with Crippen LogP contribution in [-0.4, -0.2) is 36.2 Å². The number of carbonyl (C=O) groups is 2. The molecule has 0 aliphatic heterocycles. The highest BCUT2D eigenvalue weighted by atomic mass is 16.6. The summed E-state index contributed by atoms with van der Waals surface area (Å²) in [6, 6.07) is 0. The Bertz CT molecular complexity index is 330. The Morgan fingerprint density at radius 3 is 1.48 bits per heavy atom. The van der Waals surface area contributed by atoms with E-state index in [0.29, 0.717) is 25.9 Å². The standard InChI is InChI=1S/C10H21NO2.C7H15NO2/c1-10(2,3)13-9(12)7-5-4-6-8-11;1-7(2,3)10-6(9)4-5-8/h4-8,11H2,1-3H3;4-5,8H2,1-3H3. The van der Waals surface area contributed by atoms with Gasteiger partial charge < -0.3 is 20.9 Å². The van der Waals surface area contributed by atoms with Crippen LogP contribution >= 0.6 is 0 Å². The lowest BCUT2D eigenvalue weighted by Gasteiger charge is -2.19. The van der Waals surface area contributed by atoms with E-state index >= 15 is 0 Å². The van der Waals surface area contributed by atoms with Crippen molar-refractivity contribution in [2.75, 3.05) is 13.1 Å². The Morgan fingerprint density at radius 2 is 1.13 bits per heavy atom. The van der Waals surface area contributed by atoms with Crippen LogP contribution in [0.2, 0.25) is 0 Å². The molecule has 0 amide bonds. The van der Waals surface area contributed by atoms with Crippen molar-refractivity contribution in [2.24, 2.45) is 11.5 Å². The molecule has 0 fully saturated rings. The molecule has 0 saturated heterocycles. The van der Waals surface area contributed by atoms with E-state index in [2.05, 4.69) is 0 Å². The van der Waals surface area contributed by atoms with Gasteiger partial charge in [0, 0.05) is 13.0 Å². The first-order chi connectivity index (χ1) is 10.4. The molecule has 0 aliphatic rings. The normalized spacial score (nSPS) is 11.3. The van der Waals surface area contributed by atoms with E-state index in [1.807, 2.05) is 41.5 Å². The fraction of sp³-hybridized carbons (Fsp3) is 0.882. The number of nitrogens with two attached hydrogens (primary N) is 2. The third kappa shape index (κ3) is 23.3. The summed E-state index contributed by atoms with van der Waals surface area (Å²) in [5, 5.41) is 0. The van der Waals surface area contributed by atoms with Crippen molar-refractivity contribution >= 4 is 11.9 Å². The third-order valence-electron chi connectivity index (χ3n) is 2.27. The molecule has 0 heterocycles. The van der Waals surface area contributed by atoms with Crippen LogP contribution in [0.5, 0.6) is 0 Å². The molecule has 0 aromatic heterocycles. The number of ether oxygens (including phenoxy) is 2. The Labute approximate surface area is 141 Å². The highest BCUT2D eigenvalue weighted by Crippen LogP contribution is 2.10. The Balaban J connectivity index is 0. The van der Waals surface area contributed by atoms with Gasteiger partial charge in [-0.05, 0) is 60.9 Å². The van der Waals surface area contributed by atoms with E-state index in [0.717, 1.165) is 19.3 Å². The first-order valence-corrected chi connectivity index (χ1v) is 8.25. The first kappa shape index (κ1) is 24.1. The molecule has 0 aromatic carbocycles. The Morgan fingerprint density at radius 1 is 0.696 bits per heavy atom. The van der Waals surface area contributed by atoms with Crippen LogP contribution in [0.1, 0.15) is 73.6 Å². The van der Waals surface area contributed by atoms with E-state index in [1.165, 1.54) is 0 Å². The second-order valence-corrected chi connectivity index (χ2v) is 7.31. The molecule has 6 nitrogen and oxygen atoms in total. The minimum Gasteiger partial charge on any atom is -0.460 e. The number of carbonyl (C=O) groups excluding carboxylic acids is 2. The molecule has 0 radical (unpaired) electrons. The van der Waals surface area contributed by atoms with Crippen molar-refractivity contribution < 1.29 is 19.1 Å². The minimum absolute atomic E-state index is 0.107. The van der Waals surface area contributed by atoms with Gasteiger partial charge in [0.15, 0.2) is 0 Å². The molecule has 0 spiro atoms. The summed E-state index contributed by atoms with van der Waals surface area (Å²) in [5.41, 5.74) is 9.74. The second kappa shape index (κ2) is 12.3. The highest BCUT2D eigenvalue weighted by molar-refractivity contribution is 5.70. The van der Waals surface area contributed by atoms with Gasteiger partial charge in [0.1, 0.15) is 11.2 Å². The maximum absolute atomic E-state index is 11.2. The summed E-state index contributed by atoms with van der Waals surface area (Å²) < 4.78 is 10.1. The van der Waals surface area contributed by atoms with Crippen LogP contribution in [0.25, 0.3) is 0 Å². The summed E-state index contributed by atoms with van der Waals surface area (Å²) in [5.74, 6) is -0.334. The largest absolute Gasteiger partial charge is 0.460 e. The average molecular weight is 332 g/mol. The Hall–Kier alpha value is -1.14. The minimum atomic E-state index is -0.383. The molecule has 0 unspecified atom stereocenters. The van der Waals surface area contributed by atoms with Gasteiger partial charge in [0.25, 0.3) is 0 Å². The van der Waals surface area contributed by atoms with E-state index in [9.17, 15) is 9.59 Å². The molecular formula is C17H36N2O4. The Kier molecular flexibility index (Phi) is 12.9. The number of rotatable bonds is 7. The second-order valence-electron chi connectivity index (χ2n) is 7.31. The van der Waals surface area contributed by atoms with E-state index < -0.39 is 0 Å². The van der Waals surface area contributed by atoms with E-state index in [4.69, 9.17) is 20.9 Å². The summed E-state index contributed by atoms with van der Waals surface area (Å²) in [7, 11) is 0. The predicted octanol–water partition coefficient (Wildman–Crippen LogP) is 2.52. The number of hydrogen-bond acceptors (Lipinski definition) is 6. The molecule has 0 aromatic rings. The fourth-order valence-corrected chi connectivity index (χ4v) is 1.49. The molecule has 4 N–H and O–H groups in total. The van der Waals surface area contributed by atoms with Gasteiger partial charge in [-0.25, -0.2) is 0 Å². The number of esters is 2. The van der Waals surface area contributed by atoms with Crippen LogP contribution in [0.4, 0.5) is 0 Å². The van der Waals surface area contributed by atoms with Crippen molar-refractivity contribution in [3.05, 3.63) is 0 Å². The zero-order chi connectivity index (χ0) is 18.5. The first-order valence-electron chi connectivity index (χ1n) is 8.25. The van der Waals surface area contributed by atoms with Crippen molar-refractivity contribution in [2.45, 2.75) is 84.8 Å². The molecule has 0 saturated carbocycles. The van der Waals surface area contributed by atoms with Gasteiger partial charge in [-0.3, -0.25) is 9.59 Å². The van der Waals surface area contributed by atoms with Crippen molar-refractivity contribution in [3.8, 4) is 0 Å². The zero-order valence-corrected chi connectivity index (χ0v) is 15.7. The number of hydrogen-bond donors (Lipinski definition) is 2. The van der Waals surface area contributed by atoms with Gasteiger partial charge in [-0.2, -0.15) is 0 Å². The van der Waals surface area contributed by atoms with Gasteiger partial charge >= 0.3 is 11.9 Å². The maximum atomic E-state index is 11.2. The smallest absolute Gasteiger partial charge is 0.307 e. The molecule has 0 rings (SSSR count). The van der Waals surface area contributed by atoms with Gasteiger partial charge in [0.2, 0.25) is 0 Å². The van der Waals surface area contributed by atoms with Crippen molar-refractivity contribution in [1.29, 1.82) is 0 Å². The van der Waals surface area contributed by atoms with Crippen LogP contribution < -0.4 is 11.5 Å². The zero-order valence-electron chi connectivity index (χ0n) is 15.7. The lowest BCUT2D eigenvalue weighted by atomic mass is 10.1. The molecule has 6 heteroatoms. The van der Waals surface area contributed by atoms with Gasteiger partial charge in [0.05, 0.1) is 6.42 Å². The SMILES string of the molecule is CC(C)(C)OC(=O)CCCCCN.CC(C)(C)OC(=O)CCN. The molecular weight excluding hydrogens is 296 g/mol. The maximum Gasteiger partial charge on any atom is 0.307 e. The van der Waals surface area contributed by atoms with Crippen LogP contribution in [0, 0.1) is 0 Å². The molecule has 0 bridgehead atoms. The summed E-state index contributed by atoms with van der Waals surface area (Å²) in [4.78, 5) is 21.9.